The number of aromatic nitrogens is 1. The van der Waals surface area contributed by atoms with Crippen molar-refractivity contribution in [3.05, 3.63) is 35.5 Å². The first-order valence-corrected chi connectivity index (χ1v) is 7.64. The van der Waals surface area contributed by atoms with Crippen molar-refractivity contribution in [1.82, 2.24) is 9.88 Å². The molecule has 0 spiro atoms. The highest BCUT2D eigenvalue weighted by Gasteiger charge is 2.32. The van der Waals surface area contributed by atoms with Crippen molar-refractivity contribution in [2.45, 2.75) is 24.9 Å². The lowest BCUT2D eigenvalue weighted by atomic mass is 9.85. The van der Waals surface area contributed by atoms with Crippen molar-refractivity contribution in [2.24, 2.45) is 0 Å². The van der Waals surface area contributed by atoms with Crippen LogP contribution in [0.15, 0.2) is 24.4 Å². The van der Waals surface area contributed by atoms with Gasteiger partial charge in [0, 0.05) is 49.7 Å². The van der Waals surface area contributed by atoms with Gasteiger partial charge in [0.2, 0.25) is 0 Å². The fraction of sp³-hybridized carbons (Fsp3) is 0.529. The van der Waals surface area contributed by atoms with E-state index in [1.54, 1.807) is 0 Å². The Bertz CT molecular complexity index is 612. The second-order valence-corrected chi connectivity index (χ2v) is 6.27. The Morgan fingerprint density at radius 1 is 1.29 bits per heavy atom. The molecule has 0 bridgehead atoms. The van der Waals surface area contributed by atoms with Gasteiger partial charge in [-0.15, -0.1) is 0 Å². The van der Waals surface area contributed by atoms with Gasteiger partial charge in [0.25, 0.3) is 0 Å². The van der Waals surface area contributed by atoms with Crippen molar-refractivity contribution in [3.63, 3.8) is 0 Å². The molecule has 1 aromatic heterocycles. The molecule has 0 unspecified atom stereocenters. The van der Waals surface area contributed by atoms with E-state index in [0.29, 0.717) is 26.1 Å². The molecule has 1 saturated heterocycles. The van der Waals surface area contributed by atoms with Crippen LogP contribution in [-0.2, 0) is 16.8 Å². The molecule has 1 aliphatic rings. The van der Waals surface area contributed by atoms with E-state index in [2.05, 4.69) is 42.3 Å². The average Bonchev–Trinajstić information content (AvgIpc) is 2.88. The quantitative estimate of drug-likeness (QED) is 0.907. The summed E-state index contributed by atoms with van der Waals surface area (Å²) < 4.78 is 5.38. The van der Waals surface area contributed by atoms with Crippen LogP contribution in [0.1, 0.15) is 24.0 Å². The molecule has 0 amide bonds. The predicted molar refractivity (Wildman–Crippen MR) is 84.5 cm³/mol. The fourth-order valence-electron chi connectivity index (χ4n) is 3.02. The molecule has 3 rings (SSSR count). The molecule has 2 heterocycles. The Morgan fingerprint density at radius 2 is 2.05 bits per heavy atom. The molecule has 4 heteroatoms. The topological polar surface area (TPSA) is 48.5 Å². The summed E-state index contributed by atoms with van der Waals surface area (Å²) in [5, 5.41) is 12.1. The van der Waals surface area contributed by atoms with Gasteiger partial charge in [-0.2, -0.15) is 0 Å². The summed E-state index contributed by atoms with van der Waals surface area (Å²) in [6.07, 6.45) is 4.45. The molecule has 0 aliphatic carbocycles. The van der Waals surface area contributed by atoms with Crippen LogP contribution in [0.25, 0.3) is 10.9 Å². The normalized spacial score (nSPS) is 18.5. The number of nitrogens with zero attached hydrogens (tertiary/aromatic N) is 1. The smallest absolute Gasteiger partial charge is 0.0940 e. The first-order chi connectivity index (χ1) is 10.1. The van der Waals surface area contributed by atoms with Crippen LogP contribution >= 0.6 is 0 Å². The summed E-state index contributed by atoms with van der Waals surface area (Å²) in [6, 6.07) is 6.28. The number of nitrogens with one attached hydrogen (secondary N) is 1. The first-order valence-electron chi connectivity index (χ1n) is 7.64. The second-order valence-electron chi connectivity index (χ2n) is 6.27. The van der Waals surface area contributed by atoms with Crippen LogP contribution in [0.3, 0.4) is 0 Å². The van der Waals surface area contributed by atoms with E-state index in [9.17, 15) is 5.11 Å². The number of H-pyrrole nitrogens is 1. The molecule has 4 nitrogen and oxygen atoms in total. The summed E-state index contributed by atoms with van der Waals surface area (Å²) in [7, 11) is 4.18. The van der Waals surface area contributed by atoms with Gasteiger partial charge in [-0.05, 0) is 43.8 Å². The van der Waals surface area contributed by atoms with Gasteiger partial charge in [-0.1, -0.05) is 6.07 Å². The van der Waals surface area contributed by atoms with Crippen LogP contribution in [0, 0.1) is 0 Å². The van der Waals surface area contributed by atoms with Crippen molar-refractivity contribution < 1.29 is 9.84 Å². The molecular formula is C17H24N2O2. The zero-order chi connectivity index (χ0) is 14.9. The third-order valence-electron chi connectivity index (χ3n) is 4.45. The van der Waals surface area contributed by atoms with E-state index < -0.39 is 5.60 Å². The summed E-state index contributed by atoms with van der Waals surface area (Å²) in [5.74, 6) is 0. The van der Waals surface area contributed by atoms with Gasteiger partial charge < -0.3 is 19.7 Å². The number of hydrogen-bond donors (Lipinski definition) is 2. The van der Waals surface area contributed by atoms with Gasteiger partial charge >= 0.3 is 0 Å². The van der Waals surface area contributed by atoms with E-state index in [1.807, 2.05) is 6.07 Å². The Balaban J connectivity index is 1.92. The van der Waals surface area contributed by atoms with E-state index in [-0.39, 0.29) is 0 Å². The van der Waals surface area contributed by atoms with Crippen LogP contribution in [-0.4, -0.2) is 48.8 Å². The standard InChI is InChI=1S/C17H24N2O2/c1-19(2)8-5-13-12-18-16-4-3-14(11-15(13)16)17(20)6-9-21-10-7-17/h3-4,11-12,18,20H,5-10H2,1-2H3. The lowest BCUT2D eigenvalue weighted by Crippen LogP contribution is -2.33. The maximum Gasteiger partial charge on any atom is 0.0940 e. The van der Waals surface area contributed by atoms with E-state index in [4.69, 9.17) is 4.74 Å². The number of aliphatic hydroxyl groups is 1. The van der Waals surface area contributed by atoms with Crippen LogP contribution in [0.5, 0.6) is 0 Å². The number of hydrogen-bond acceptors (Lipinski definition) is 3. The van der Waals surface area contributed by atoms with E-state index in [0.717, 1.165) is 24.0 Å². The monoisotopic (exact) mass is 288 g/mol. The van der Waals surface area contributed by atoms with Crippen molar-refractivity contribution in [1.29, 1.82) is 0 Å². The average molecular weight is 288 g/mol. The molecule has 1 fully saturated rings. The lowest BCUT2D eigenvalue weighted by molar-refractivity contribution is -0.0678. The van der Waals surface area contributed by atoms with Crippen LogP contribution in [0.2, 0.25) is 0 Å². The number of rotatable bonds is 4. The summed E-state index contributed by atoms with van der Waals surface area (Å²) in [5.41, 5.74) is 2.74. The zero-order valence-electron chi connectivity index (χ0n) is 12.9. The van der Waals surface area contributed by atoms with Crippen molar-refractivity contribution >= 4 is 10.9 Å². The Kier molecular flexibility index (Phi) is 4.02. The molecule has 1 aromatic carbocycles. The summed E-state index contributed by atoms with van der Waals surface area (Å²) in [6.45, 7) is 2.29. The second kappa shape index (κ2) is 5.79. The van der Waals surface area contributed by atoms with Crippen LogP contribution in [0.4, 0.5) is 0 Å². The van der Waals surface area contributed by atoms with Crippen molar-refractivity contribution in [2.75, 3.05) is 33.9 Å². The minimum Gasteiger partial charge on any atom is -0.385 e. The Hall–Kier alpha value is -1.36. The highest BCUT2D eigenvalue weighted by atomic mass is 16.5. The largest absolute Gasteiger partial charge is 0.385 e. The highest BCUT2D eigenvalue weighted by Crippen LogP contribution is 2.34. The summed E-state index contributed by atoms with van der Waals surface area (Å²) in [4.78, 5) is 5.52. The number of ether oxygens (including phenoxy) is 1. The number of benzene rings is 1. The minimum absolute atomic E-state index is 0.634. The Labute approximate surface area is 125 Å². The van der Waals surface area contributed by atoms with Gasteiger partial charge in [-0.3, -0.25) is 0 Å². The number of aromatic amines is 1. The number of likely N-dealkylation sites (N-methyl/N-ethyl adjacent to an activating group) is 1. The van der Waals surface area contributed by atoms with Gasteiger partial charge in [0.1, 0.15) is 0 Å². The van der Waals surface area contributed by atoms with Crippen molar-refractivity contribution in [3.8, 4) is 0 Å². The summed E-state index contributed by atoms with van der Waals surface area (Å²) >= 11 is 0. The molecule has 2 N–H and O–H groups in total. The molecule has 0 saturated carbocycles. The molecule has 2 aromatic rings. The maximum absolute atomic E-state index is 10.9. The molecule has 21 heavy (non-hydrogen) atoms. The molecule has 1 aliphatic heterocycles. The van der Waals surface area contributed by atoms with E-state index in [1.165, 1.54) is 10.9 Å². The zero-order valence-corrected chi connectivity index (χ0v) is 12.9. The van der Waals surface area contributed by atoms with Gasteiger partial charge in [0.05, 0.1) is 5.60 Å². The fourth-order valence-corrected chi connectivity index (χ4v) is 3.02. The SMILES string of the molecule is CN(C)CCc1c[nH]c2ccc(C3(O)CCOCC3)cc12. The predicted octanol–water partition coefficient (Wildman–Crippen LogP) is 2.27. The molecule has 0 radical (unpaired) electrons. The maximum atomic E-state index is 10.9. The third-order valence-corrected chi connectivity index (χ3v) is 4.45. The lowest BCUT2D eigenvalue weighted by Gasteiger charge is -2.32. The molecular weight excluding hydrogens is 264 g/mol. The first kappa shape index (κ1) is 14.6. The minimum atomic E-state index is -0.734. The van der Waals surface area contributed by atoms with Crippen LogP contribution < -0.4 is 0 Å². The molecule has 114 valence electrons. The third kappa shape index (κ3) is 2.98. The molecule has 0 atom stereocenters. The van der Waals surface area contributed by atoms with Gasteiger partial charge in [0.15, 0.2) is 0 Å². The van der Waals surface area contributed by atoms with Gasteiger partial charge in [-0.25, -0.2) is 0 Å². The van der Waals surface area contributed by atoms with E-state index >= 15 is 0 Å². The Morgan fingerprint density at radius 3 is 2.76 bits per heavy atom. The highest BCUT2D eigenvalue weighted by molar-refractivity contribution is 5.84. The number of fused-ring (bicyclic) bond motifs is 1.